The molecule has 0 aromatic carbocycles. The Morgan fingerprint density at radius 1 is 1.44 bits per heavy atom. The fourth-order valence-corrected chi connectivity index (χ4v) is 2.01. The molecule has 1 aliphatic heterocycles. The molecule has 98 valence electrons. The Labute approximate surface area is 102 Å². The van der Waals surface area contributed by atoms with E-state index in [0.29, 0.717) is 12.8 Å². The lowest BCUT2D eigenvalue weighted by Gasteiger charge is -2.14. The van der Waals surface area contributed by atoms with Crippen molar-refractivity contribution < 1.29 is 22.7 Å². The number of alkyl halides is 3. The van der Waals surface area contributed by atoms with Crippen molar-refractivity contribution in [2.75, 3.05) is 0 Å². The molecule has 2 atom stereocenters. The number of carbonyl (C=O) groups is 1. The van der Waals surface area contributed by atoms with Crippen molar-refractivity contribution in [3.8, 4) is 0 Å². The summed E-state index contributed by atoms with van der Waals surface area (Å²) in [7, 11) is 0. The van der Waals surface area contributed by atoms with E-state index >= 15 is 0 Å². The van der Waals surface area contributed by atoms with Gasteiger partial charge in [0.15, 0.2) is 5.78 Å². The number of hydrogen-bond acceptors (Lipinski definition) is 3. The Morgan fingerprint density at radius 2 is 2.17 bits per heavy atom. The third kappa shape index (κ3) is 2.53. The second kappa shape index (κ2) is 4.68. The maximum atomic E-state index is 12.8. The molecule has 0 bridgehead atoms. The zero-order chi connectivity index (χ0) is 13.3. The molecule has 1 fully saturated rings. The second-order valence-corrected chi connectivity index (χ2v) is 4.30. The Kier molecular flexibility index (Phi) is 3.38. The standard InChI is InChI=1S/C12H12F3NO2/c1-7-2-3-10(18-7)11(17)8-6-16-5-4-9(8)12(13,14)15/h4-7,10H,2-3H2,1H3. The van der Waals surface area contributed by atoms with Crippen molar-refractivity contribution in [2.24, 2.45) is 0 Å². The van der Waals surface area contributed by atoms with Crippen molar-refractivity contribution in [1.82, 2.24) is 4.98 Å². The van der Waals surface area contributed by atoms with Crippen molar-refractivity contribution >= 4 is 5.78 Å². The molecule has 1 saturated heterocycles. The highest BCUT2D eigenvalue weighted by Gasteiger charge is 2.38. The van der Waals surface area contributed by atoms with E-state index < -0.39 is 29.2 Å². The molecule has 0 aliphatic carbocycles. The number of ketones is 1. The van der Waals surface area contributed by atoms with Gasteiger partial charge in [-0.15, -0.1) is 0 Å². The van der Waals surface area contributed by atoms with Crippen LogP contribution in [0.3, 0.4) is 0 Å². The highest BCUT2D eigenvalue weighted by molar-refractivity contribution is 6.00. The molecule has 3 nitrogen and oxygen atoms in total. The predicted octanol–water partition coefficient (Wildman–Crippen LogP) is 2.85. The average Bonchev–Trinajstić information content (AvgIpc) is 2.74. The molecular weight excluding hydrogens is 247 g/mol. The maximum absolute atomic E-state index is 12.8. The lowest BCUT2D eigenvalue weighted by atomic mass is 10.0. The number of aromatic nitrogens is 1. The first-order valence-corrected chi connectivity index (χ1v) is 5.60. The molecule has 18 heavy (non-hydrogen) atoms. The molecule has 1 aromatic heterocycles. The van der Waals surface area contributed by atoms with Crippen LogP contribution in [0.15, 0.2) is 18.5 Å². The lowest BCUT2D eigenvalue weighted by molar-refractivity contribution is -0.138. The minimum Gasteiger partial charge on any atom is -0.367 e. The predicted molar refractivity (Wildman–Crippen MR) is 57.1 cm³/mol. The van der Waals surface area contributed by atoms with Crippen LogP contribution in [-0.2, 0) is 10.9 Å². The monoisotopic (exact) mass is 259 g/mol. The molecule has 0 amide bonds. The van der Waals surface area contributed by atoms with Crippen molar-refractivity contribution in [3.05, 3.63) is 29.6 Å². The summed E-state index contributed by atoms with van der Waals surface area (Å²) in [6, 6.07) is 0.811. The molecule has 2 heterocycles. The summed E-state index contributed by atoms with van der Waals surface area (Å²) in [6.07, 6.45) is -2.33. The van der Waals surface area contributed by atoms with Gasteiger partial charge in [-0.3, -0.25) is 9.78 Å². The van der Waals surface area contributed by atoms with Crippen LogP contribution >= 0.6 is 0 Å². The number of halogens is 3. The number of nitrogens with zero attached hydrogens (tertiary/aromatic N) is 1. The highest BCUT2D eigenvalue weighted by atomic mass is 19.4. The van der Waals surface area contributed by atoms with E-state index in [4.69, 9.17) is 4.74 Å². The number of Topliss-reactive ketones (excluding diaryl/α,β-unsaturated/α-hetero) is 1. The summed E-state index contributed by atoms with van der Waals surface area (Å²) in [4.78, 5) is 15.6. The van der Waals surface area contributed by atoms with Gasteiger partial charge in [-0.1, -0.05) is 0 Å². The first kappa shape index (κ1) is 13.0. The summed E-state index contributed by atoms with van der Waals surface area (Å²) in [5, 5.41) is 0. The van der Waals surface area contributed by atoms with Crippen LogP contribution in [0.2, 0.25) is 0 Å². The van der Waals surface area contributed by atoms with E-state index in [-0.39, 0.29) is 6.10 Å². The van der Waals surface area contributed by atoms with E-state index in [1.54, 1.807) is 6.92 Å². The van der Waals surface area contributed by atoms with E-state index in [1.165, 1.54) is 0 Å². The van der Waals surface area contributed by atoms with Gasteiger partial charge in [0.1, 0.15) is 6.10 Å². The summed E-state index contributed by atoms with van der Waals surface area (Å²) in [5.74, 6) is -0.639. The molecule has 2 rings (SSSR count). The van der Waals surface area contributed by atoms with Gasteiger partial charge in [-0.05, 0) is 25.8 Å². The van der Waals surface area contributed by atoms with Gasteiger partial charge in [-0.2, -0.15) is 13.2 Å². The Morgan fingerprint density at radius 3 is 2.72 bits per heavy atom. The van der Waals surface area contributed by atoms with Crippen LogP contribution in [-0.4, -0.2) is 23.0 Å². The zero-order valence-electron chi connectivity index (χ0n) is 9.70. The van der Waals surface area contributed by atoms with E-state index in [0.717, 1.165) is 18.5 Å². The van der Waals surface area contributed by atoms with Crippen molar-refractivity contribution in [2.45, 2.75) is 38.1 Å². The smallest absolute Gasteiger partial charge is 0.367 e. The van der Waals surface area contributed by atoms with Gasteiger partial charge in [0, 0.05) is 12.4 Å². The van der Waals surface area contributed by atoms with Gasteiger partial charge >= 0.3 is 6.18 Å². The first-order chi connectivity index (χ1) is 8.39. The van der Waals surface area contributed by atoms with E-state index in [1.807, 2.05) is 0 Å². The summed E-state index contributed by atoms with van der Waals surface area (Å²) < 4.78 is 43.6. The van der Waals surface area contributed by atoms with Crippen molar-refractivity contribution in [1.29, 1.82) is 0 Å². The minimum absolute atomic E-state index is 0.0926. The first-order valence-electron chi connectivity index (χ1n) is 5.60. The van der Waals surface area contributed by atoms with Crippen LogP contribution in [0.25, 0.3) is 0 Å². The van der Waals surface area contributed by atoms with Gasteiger partial charge in [0.25, 0.3) is 0 Å². The largest absolute Gasteiger partial charge is 0.417 e. The van der Waals surface area contributed by atoms with Crippen LogP contribution in [0, 0.1) is 0 Å². The van der Waals surface area contributed by atoms with Crippen LogP contribution in [0.4, 0.5) is 13.2 Å². The van der Waals surface area contributed by atoms with E-state index in [9.17, 15) is 18.0 Å². The molecule has 1 aromatic rings. The zero-order valence-corrected chi connectivity index (χ0v) is 9.70. The van der Waals surface area contributed by atoms with Crippen LogP contribution in [0.5, 0.6) is 0 Å². The Balaban J connectivity index is 2.31. The molecule has 6 heteroatoms. The molecule has 0 spiro atoms. The molecule has 0 N–H and O–H groups in total. The normalized spacial score (nSPS) is 24.2. The summed E-state index contributed by atoms with van der Waals surface area (Å²) >= 11 is 0. The third-order valence-electron chi connectivity index (χ3n) is 2.92. The molecular formula is C12H12F3NO2. The summed E-state index contributed by atoms with van der Waals surface area (Å²) in [5.41, 5.74) is -1.37. The second-order valence-electron chi connectivity index (χ2n) is 4.30. The van der Waals surface area contributed by atoms with Crippen molar-refractivity contribution in [3.63, 3.8) is 0 Å². The number of pyridine rings is 1. The Bertz CT molecular complexity index is 459. The Hall–Kier alpha value is -1.43. The fourth-order valence-electron chi connectivity index (χ4n) is 2.01. The number of ether oxygens (including phenoxy) is 1. The van der Waals surface area contributed by atoms with Gasteiger partial charge in [0.05, 0.1) is 17.2 Å². The quantitative estimate of drug-likeness (QED) is 0.767. The number of carbonyl (C=O) groups excluding carboxylic acids is 1. The topological polar surface area (TPSA) is 39.2 Å². The van der Waals surface area contributed by atoms with Gasteiger partial charge < -0.3 is 4.74 Å². The minimum atomic E-state index is -4.56. The summed E-state index contributed by atoms with van der Waals surface area (Å²) in [6.45, 7) is 1.79. The molecule has 0 radical (unpaired) electrons. The third-order valence-corrected chi connectivity index (χ3v) is 2.92. The van der Waals surface area contributed by atoms with Crippen LogP contribution < -0.4 is 0 Å². The maximum Gasteiger partial charge on any atom is 0.417 e. The highest BCUT2D eigenvalue weighted by Crippen LogP contribution is 2.33. The fraction of sp³-hybridized carbons (Fsp3) is 0.500. The molecule has 0 saturated carbocycles. The number of hydrogen-bond donors (Lipinski definition) is 0. The average molecular weight is 259 g/mol. The molecule has 2 unspecified atom stereocenters. The molecule has 1 aliphatic rings. The SMILES string of the molecule is CC1CCC(C(=O)c2cnccc2C(F)(F)F)O1. The van der Waals surface area contributed by atoms with Gasteiger partial charge in [-0.25, -0.2) is 0 Å². The van der Waals surface area contributed by atoms with Gasteiger partial charge in [0.2, 0.25) is 0 Å². The lowest BCUT2D eigenvalue weighted by Crippen LogP contribution is -2.24. The number of rotatable bonds is 2. The van der Waals surface area contributed by atoms with Crippen LogP contribution in [0.1, 0.15) is 35.7 Å². The van der Waals surface area contributed by atoms with E-state index in [2.05, 4.69) is 4.98 Å².